The zero-order valence-electron chi connectivity index (χ0n) is 25.3. The lowest BCUT2D eigenvalue weighted by Crippen LogP contribution is -2.28. The van der Waals surface area contributed by atoms with Crippen LogP contribution in [-0.2, 0) is 0 Å². The highest BCUT2D eigenvalue weighted by molar-refractivity contribution is 7.11. The number of rotatable bonds is 12. The SMILES string of the molecule is Cc1ccc(C)n1-c1ccc(O)c(C(=O)CCCCC[C@H](NC(=O)c2cncs2)c2ncc(-c3ccc4ccccc4c3)[nH]2)c1. The second kappa shape index (κ2) is 13.3. The van der Waals surface area contributed by atoms with Crippen molar-refractivity contribution in [3.05, 3.63) is 118 Å². The number of carbonyl (C=O) groups is 2. The molecule has 0 fully saturated rings. The fourth-order valence-corrected chi connectivity index (χ4v) is 6.28. The Morgan fingerprint density at radius 2 is 1.73 bits per heavy atom. The van der Waals surface area contributed by atoms with Crippen molar-refractivity contribution in [1.82, 2.24) is 24.8 Å². The minimum atomic E-state index is -0.335. The van der Waals surface area contributed by atoms with Crippen molar-refractivity contribution in [1.29, 1.82) is 0 Å². The fraction of sp³-hybridized carbons (Fsp3) is 0.222. The topological polar surface area (TPSA) is 113 Å². The van der Waals surface area contributed by atoms with Crippen LogP contribution in [0.4, 0.5) is 0 Å². The largest absolute Gasteiger partial charge is 0.507 e. The van der Waals surface area contributed by atoms with Crippen LogP contribution in [0.3, 0.4) is 0 Å². The number of aryl methyl sites for hydroxylation is 2. The molecular weight excluding hydrogens is 582 g/mol. The van der Waals surface area contributed by atoms with Crippen molar-refractivity contribution >= 4 is 33.8 Å². The number of hydrogen-bond acceptors (Lipinski definition) is 6. The van der Waals surface area contributed by atoms with Crippen molar-refractivity contribution in [2.24, 2.45) is 0 Å². The highest BCUT2D eigenvalue weighted by Crippen LogP contribution is 2.28. The van der Waals surface area contributed by atoms with Gasteiger partial charge >= 0.3 is 0 Å². The summed E-state index contributed by atoms with van der Waals surface area (Å²) in [6, 6.07) is 23.4. The van der Waals surface area contributed by atoms with Gasteiger partial charge in [-0.15, -0.1) is 11.3 Å². The third kappa shape index (κ3) is 6.73. The third-order valence-corrected chi connectivity index (χ3v) is 8.93. The number of H-pyrrole nitrogens is 1. The van der Waals surface area contributed by atoms with Gasteiger partial charge in [0.2, 0.25) is 0 Å². The Labute approximate surface area is 265 Å². The highest BCUT2D eigenvalue weighted by Gasteiger charge is 2.20. The maximum Gasteiger partial charge on any atom is 0.263 e. The summed E-state index contributed by atoms with van der Waals surface area (Å²) in [6.45, 7) is 4.03. The second-order valence-electron chi connectivity index (χ2n) is 11.3. The molecule has 45 heavy (non-hydrogen) atoms. The first-order valence-electron chi connectivity index (χ1n) is 15.1. The number of Topliss-reactive ketones (excluding diaryl/α,β-unsaturated/α-hetero) is 1. The standard InChI is InChI=1S/C36H35N5O3S/c1-23-12-13-24(2)41(23)28-16-17-33(43)29(19-28)32(42)11-5-3-4-10-30(40-36(44)34-21-37-22-45-34)35-38-20-31(39-35)27-15-14-25-8-6-7-9-26(25)18-27/h6-9,12-22,30,43H,3-5,10-11H2,1-2H3,(H,38,39)(H,40,44)/t30-/m0/s1. The molecule has 228 valence electrons. The Balaban J connectivity index is 1.11. The van der Waals surface area contributed by atoms with Crippen molar-refractivity contribution in [3.8, 4) is 22.7 Å². The molecule has 1 atom stereocenters. The van der Waals surface area contributed by atoms with Crippen molar-refractivity contribution in [3.63, 3.8) is 0 Å². The van der Waals surface area contributed by atoms with Gasteiger partial charge in [0.25, 0.3) is 5.91 Å². The van der Waals surface area contributed by atoms with E-state index in [0.717, 1.165) is 46.6 Å². The number of aromatic nitrogens is 4. The molecule has 6 rings (SSSR count). The predicted molar refractivity (Wildman–Crippen MR) is 178 cm³/mol. The predicted octanol–water partition coefficient (Wildman–Crippen LogP) is 8.10. The number of unbranched alkanes of at least 4 members (excludes halogenated alkanes) is 2. The highest BCUT2D eigenvalue weighted by atomic mass is 32.1. The molecule has 0 aliphatic rings. The summed E-state index contributed by atoms with van der Waals surface area (Å²) in [7, 11) is 0. The molecule has 0 unspecified atom stereocenters. The van der Waals surface area contributed by atoms with Crippen LogP contribution in [0.25, 0.3) is 27.7 Å². The zero-order valence-corrected chi connectivity index (χ0v) is 26.1. The Bertz CT molecular complexity index is 1940. The first kappa shape index (κ1) is 30.0. The fourth-order valence-electron chi connectivity index (χ4n) is 5.76. The van der Waals surface area contributed by atoms with E-state index in [-0.39, 0.29) is 23.5 Å². The van der Waals surface area contributed by atoms with E-state index in [0.29, 0.717) is 35.5 Å². The molecule has 3 N–H and O–H groups in total. The molecule has 0 saturated heterocycles. The van der Waals surface area contributed by atoms with E-state index in [2.05, 4.69) is 55.2 Å². The number of hydrogen-bond donors (Lipinski definition) is 3. The number of nitrogens with zero attached hydrogens (tertiary/aromatic N) is 3. The molecule has 6 aromatic rings. The summed E-state index contributed by atoms with van der Waals surface area (Å²) >= 11 is 1.29. The molecule has 0 spiro atoms. The van der Waals surface area contributed by atoms with Crippen LogP contribution in [0.15, 0.2) is 90.7 Å². The van der Waals surface area contributed by atoms with Crippen LogP contribution in [0.1, 0.15) is 75.4 Å². The summed E-state index contributed by atoms with van der Waals surface area (Å²) in [5.74, 6) is 0.407. The Morgan fingerprint density at radius 3 is 2.51 bits per heavy atom. The second-order valence-corrected chi connectivity index (χ2v) is 12.2. The van der Waals surface area contributed by atoms with E-state index in [1.54, 1.807) is 30.0 Å². The number of fused-ring (bicyclic) bond motifs is 1. The average Bonchev–Trinajstić information content (AvgIpc) is 3.83. The van der Waals surface area contributed by atoms with E-state index in [9.17, 15) is 14.7 Å². The Kier molecular flexibility index (Phi) is 8.89. The molecule has 0 radical (unpaired) electrons. The maximum atomic E-state index is 13.1. The van der Waals surface area contributed by atoms with Gasteiger partial charge in [0.15, 0.2) is 5.78 Å². The molecule has 0 aliphatic heterocycles. The van der Waals surface area contributed by atoms with Crippen LogP contribution < -0.4 is 5.32 Å². The molecule has 0 aliphatic carbocycles. The number of ketones is 1. The summed E-state index contributed by atoms with van der Waals surface area (Å²) < 4.78 is 2.07. The van der Waals surface area contributed by atoms with E-state index in [1.807, 2.05) is 44.2 Å². The van der Waals surface area contributed by atoms with E-state index in [1.165, 1.54) is 16.7 Å². The minimum absolute atomic E-state index is 0.00269. The van der Waals surface area contributed by atoms with Crippen molar-refractivity contribution in [2.75, 3.05) is 0 Å². The number of nitrogens with one attached hydrogen (secondary N) is 2. The number of aromatic hydroxyl groups is 1. The van der Waals surface area contributed by atoms with Gasteiger partial charge in [-0.05, 0) is 73.9 Å². The molecular formula is C36H35N5O3S. The smallest absolute Gasteiger partial charge is 0.263 e. The molecule has 0 bridgehead atoms. The number of benzene rings is 3. The third-order valence-electron chi connectivity index (χ3n) is 8.15. The summed E-state index contributed by atoms with van der Waals surface area (Å²) in [4.78, 5) is 38.8. The van der Waals surface area contributed by atoms with Gasteiger partial charge < -0.3 is 20.0 Å². The van der Waals surface area contributed by atoms with Crippen LogP contribution in [-0.4, -0.2) is 36.3 Å². The van der Waals surface area contributed by atoms with Gasteiger partial charge in [-0.25, -0.2) is 4.98 Å². The van der Waals surface area contributed by atoms with Crippen LogP contribution in [0.2, 0.25) is 0 Å². The molecule has 3 aromatic heterocycles. The molecule has 0 saturated carbocycles. The maximum absolute atomic E-state index is 13.1. The van der Waals surface area contributed by atoms with Crippen LogP contribution in [0, 0.1) is 13.8 Å². The quantitative estimate of drug-likeness (QED) is 0.0949. The average molecular weight is 618 g/mol. The number of aromatic amines is 1. The monoisotopic (exact) mass is 617 g/mol. The van der Waals surface area contributed by atoms with Crippen molar-refractivity contribution < 1.29 is 14.7 Å². The van der Waals surface area contributed by atoms with Gasteiger partial charge in [-0.2, -0.15) is 0 Å². The molecule has 8 nitrogen and oxygen atoms in total. The normalized spacial score (nSPS) is 12.0. The first-order chi connectivity index (χ1) is 21.9. The minimum Gasteiger partial charge on any atom is -0.507 e. The molecule has 9 heteroatoms. The van der Waals surface area contributed by atoms with Gasteiger partial charge in [0, 0.05) is 29.1 Å². The number of phenolic OH excluding ortho intramolecular Hbond substituents is 1. The van der Waals surface area contributed by atoms with E-state index < -0.39 is 0 Å². The first-order valence-corrected chi connectivity index (χ1v) is 16.0. The molecule has 1 amide bonds. The Hall–Kier alpha value is -5.02. The number of carbonyl (C=O) groups excluding carboxylic acids is 2. The van der Waals surface area contributed by atoms with E-state index >= 15 is 0 Å². The summed E-state index contributed by atoms with van der Waals surface area (Å²) in [5.41, 5.74) is 6.87. The van der Waals surface area contributed by atoms with Gasteiger partial charge in [0.05, 0.1) is 35.2 Å². The molecule has 3 heterocycles. The lowest BCUT2D eigenvalue weighted by Gasteiger charge is -2.16. The van der Waals surface area contributed by atoms with Gasteiger partial charge in [-0.3, -0.25) is 14.6 Å². The van der Waals surface area contributed by atoms with E-state index in [4.69, 9.17) is 0 Å². The zero-order chi connectivity index (χ0) is 31.3. The number of imidazole rings is 1. The number of amides is 1. The Morgan fingerprint density at radius 1 is 0.933 bits per heavy atom. The van der Waals surface area contributed by atoms with Crippen LogP contribution >= 0.6 is 11.3 Å². The summed E-state index contributed by atoms with van der Waals surface area (Å²) in [6.07, 6.45) is 6.58. The van der Waals surface area contributed by atoms with Crippen molar-refractivity contribution in [2.45, 2.75) is 52.0 Å². The van der Waals surface area contributed by atoms with Crippen LogP contribution in [0.5, 0.6) is 5.75 Å². The lowest BCUT2D eigenvalue weighted by molar-refractivity contribution is 0.0935. The number of thiazole rings is 1. The molecule has 3 aromatic carbocycles. The van der Waals surface area contributed by atoms with Gasteiger partial charge in [0.1, 0.15) is 16.5 Å². The van der Waals surface area contributed by atoms with Gasteiger partial charge in [-0.1, -0.05) is 49.2 Å². The number of phenols is 1. The lowest BCUT2D eigenvalue weighted by atomic mass is 10.0. The summed E-state index contributed by atoms with van der Waals surface area (Å²) in [5, 5.41) is 15.9.